The molecule has 150 valence electrons. The van der Waals surface area contributed by atoms with E-state index in [1.54, 1.807) is 0 Å². The average Bonchev–Trinajstić information content (AvgIpc) is 2.73. The third-order valence-electron chi connectivity index (χ3n) is 3.83. The van der Waals surface area contributed by atoms with E-state index in [2.05, 4.69) is 4.98 Å². The second kappa shape index (κ2) is 8.25. The molecule has 1 aromatic carbocycles. The third kappa shape index (κ3) is 3.85. The van der Waals surface area contributed by atoms with Gasteiger partial charge in [-0.1, -0.05) is 0 Å². The van der Waals surface area contributed by atoms with Gasteiger partial charge in [0.1, 0.15) is 23.8 Å². The predicted molar refractivity (Wildman–Crippen MR) is 87.0 cm³/mol. The SMILES string of the molecule is N#CC(C#N)=c1cc(C#N)/c(=C(\C#N)c2c(F)c(F)nc(C(F)(F)F)c2F)cc1C#N. The number of benzene rings is 1. The van der Waals surface area contributed by atoms with Crippen molar-refractivity contribution in [1.82, 2.24) is 4.98 Å². The standard InChI is InChI=1S/C19H2F6N6/c20-15-14(16(21)18(22)31-17(15)19(23,24)25)13(7-30)12-2-8(3-26)11(1-9(12)4-27)10(5-28)6-29/h1-2H/b13-12+. The molecule has 1 heterocycles. The summed E-state index contributed by atoms with van der Waals surface area (Å²) in [6, 6.07) is 8.58. The van der Waals surface area contributed by atoms with Gasteiger partial charge < -0.3 is 0 Å². The van der Waals surface area contributed by atoms with Crippen LogP contribution in [0.25, 0.3) is 11.1 Å². The van der Waals surface area contributed by atoms with Crippen molar-refractivity contribution in [2.75, 3.05) is 0 Å². The van der Waals surface area contributed by atoms with Crippen LogP contribution in [0.5, 0.6) is 0 Å². The molecule has 12 heteroatoms. The maximum absolute atomic E-state index is 14.5. The van der Waals surface area contributed by atoms with Crippen LogP contribution in [0.2, 0.25) is 0 Å². The highest BCUT2D eigenvalue weighted by Crippen LogP contribution is 2.34. The van der Waals surface area contributed by atoms with Crippen LogP contribution in [-0.4, -0.2) is 4.98 Å². The summed E-state index contributed by atoms with van der Waals surface area (Å²) in [5.74, 6) is -6.98. The molecule has 0 atom stereocenters. The summed E-state index contributed by atoms with van der Waals surface area (Å²) >= 11 is 0. The minimum Gasteiger partial charge on any atom is -0.209 e. The van der Waals surface area contributed by atoms with E-state index in [-0.39, 0.29) is 5.22 Å². The Morgan fingerprint density at radius 2 is 1.29 bits per heavy atom. The molecule has 0 spiro atoms. The zero-order valence-electron chi connectivity index (χ0n) is 14.6. The van der Waals surface area contributed by atoms with E-state index >= 15 is 0 Å². The number of nitriles is 5. The minimum absolute atomic E-state index is 0.358. The van der Waals surface area contributed by atoms with Crippen LogP contribution in [0.3, 0.4) is 0 Å². The molecule has 0 radical (unpaired) electrons. The van der Waals surface area contributed by atoms with Crippen molar-refractivity contribution in [3.05, 3.63) is 62.5 Å². The summed E-state index contributed by atoms with van der Waals surface area (Å²) in [5.41, 5.74) is -7.18. The first-order chi connectivity index (χ1) is 14.5. The van der Waals surface area contributed by atoms with E-state index in [4.69, 9.17) is 10.5 Å². The summed E-state index contributed by atoms with van der Waals surface area (Å²) in [4.78, 5) is 2.19. The normalized spacial score (nSPS) is 11.3. The number of aromatic nitrogens is 1. The number of nitrogens with zero attached hydrogens (tertiary/aromatic N) is 6. The lowest BCUT2D eigenvalue weighted by Gasteiger charge is -2.12. The second-order valence-electron chi connectivity index (χ2n) is 5.50. The molecular weight excluding hydrogens is 426 g/mol. The molecule has 0 bridgehead atoms. The van der Waals surface area contributed by atoms with Crippen molar-refractivity contribution in [3.8, 4) is 30.3 Å². The van der Waals surface area contributed by atoms with E-state index in [1.807, 2.05) is 0 Å². The van der Waals surface area contributed by atoms with Gasteiger partial charge in [0.25, 0.3) is 0 Å². The largest absolute Gasteiger partial charge is 0.436 e. The van der Waals surface area contributed by atoms with Gasteiger partial charge >= 0.3 is 6.18 Å². The minimum atomic E-state index is -5.54. The van der Waals surface area contributed by atoms with E-state index in [9.17, 15) is 42.1 Å². The van der Waals surface area contributed by atoms with E-state index < -0.39 is 62.5 Å². The van der Waals surface area contributed by atoms with Crippen LogP contribution in [0.1, 0.15) is 22.4 Å². The Balaban J connectivity index is 3.24. The number of hydrogen-bond acceptors (Lipinski definition) is 6. The summed E-state index contributed by atoms with van der Waals surface area (Å²) < 4.78 is 81.2. The van der Waals surface area contributed by atoms with Crippen LogP contribution in [0, 0.1) is 74.2 Å². The number of halogens is 6. The van der Waals surface area contributed by atoms with Crippen molar-refractivity contribution in [1.29, 1.82) is 26.3 Å². The fourth-order valence-electron chi connectivity index (χ4n) is 2.52. The van der Waals surface area contributed by atoms with Gasteiger partial charge in [0.15, 0.2) is 17.3 Å². The first-order valence-electron chi connectivity index (χ1n) is 7.60. The van der Waals surface area contributed by atoms with Crippen molar-refractivity contribution in [2.24, 2.45) is 0 Å². The highest BCUT2D eigenvalue weighted by molar-refractivity contribution is 5.80. The molecule has 1 aromatic heterocycles. The molecule has 0 saturated heterocycles. The summed E-state index contributed by atoms with van der Waals surface area (Å²) in [7, 11) is 0. The smallest absolute Gasteiger partial charge is 0.209 e. The number of pyridine rings is 1. The van der Waals surface area contributed by atoms with Crippen LogP contribution >= 0.6 is 0 Å². The summed E-state index contributed by atoms with van der Waals surface area (Å²) in [6.45, 7) is 0. The Labute approximate surface area is 168 Å². The lowest BCUT2D eigenvalue weighted by molar-refractivity contribution is -0.144. The first kappa shape index (κ1) is 22.4. The highest BCUT2D eigenvalue weighted by Gasteiger charge is 2.40. The third-order valence-corrected chi connectivity index (χ3v) is 3.83. The fraction of sp³-hybridized carbons (Fsp3) is 0.0526. The van der Waals surface area contributed by atoms with Crippen molar-refractivity contribution >= 4 is 11.1 Å². The van der Waals surface area contributed by atoms with E-state index in [0.717, 1.165) is 6.07 Å². The van der Waals surface area contributed by atoms with Gasteiger partial charge in [0.05, 0.1) is 34.4 Å². The van der Waals surface area contributed by atoms with Crippen LogP contribution in [-0.2, 0) is 6.18 Å². The van der Waals surface area contributed by atoms with Crippen molar-refractivity contribution in [3.63, 3.8) is 0 Å². The second-order valence-corrected chi connectivity index (χ2v) is 5.50. The molecule has 31 heavy (non-hydrogen) atoms. The molecule has 0 fully saturated rings. The Morgan fingerprint density at radius 1 is 0.774 bits per heavy atom. The summed E-state index contributed by atoms with van der Waals surface area (Å²) in [6.07, 6.45) is -5.54. The first-order valence-corrected chi connectivity index (χ1v) is 7.60. The van der Waals surface area contributed by atoms with Crippen molar-refractivity contribution < 1.29 is 26.3 Å². The maximum atomic E-state index is 14.5. The number of alkyl halides is 3. The van der Waals surface area contributed by atoms with Gasteiger partial charge in [-0.2, -0.15) is 43.9 Å². The molecule has 0 aliphatic heterocycles. The summed E-state index contributed by atoms with van der Waals surface area (Å²) in [5, 5.41) is 44.8. The van der Waals surface area contributed by atoms with Crippen LogP contribution in [0.4, 0.5) is 26.3 Å². The van der Waals surface area contributed by atoms with Crippen LogP contribution in [0.15, 0.2) is 12.1 Å². The quantitative estimate of drug-likeness (QED) is 0.505. The van der Waals surface area contributed by atoms with Gasteiger partial charge in [-0.25, -0.2) is 13.8 Å². The van der Waals surface area contributed by atoms with Gasteiger partial charge in [0, 0.05) is 10.4 Å². The Morgan fingerprint density at radius 3 is 1.74 bits per heavy atom. The van der Waals surface area contributed by atoms with Crippen molar-refractivity contribution in [2.45, 2.75) is 6.18 Å². The molecule has 6 nitrogen and oxygen atoms in total. The topological polar surface area (TPSA) is 132 Å². The van der Waals surface area contributed by atoms with Gasteiger partial charge in [-0.3, -0.25) is 0 Å². The molecular formula is C19H2F6N6. The number of hydrogen-bond donors (Lipinski definition) is 0. The number of rotatable bonds is 1. The molecule has 0 aliphatic carbocycles. The van der Waals surface area contributed by atoms with Crippen LogP contribution < -0.4 is 10.4 Å². The van der Waals surface area contributed by atoms with Gasteiger partial charge in [0.2, 0.25) is 5.95 Å². The molecule has 2 aromatic rings. The molecule has 0 aliphatic rings. The molecule has 0 N–H and O–H groups in total. The molecule has 0 saturated carbocycles. The zero-order valence-corrected chi connectivity index (χ0v) is 14.6. The zero-order chi connectivity index (χ0) is 23.5. The maximum Gasteiger partial charge on any atom is 0.436 e. The molecule has 2 rings (SSSR count). The molecule has 0 unspecified atom stereocenters. The lowest BCUT2D eigenvalue weighted by atomic mass is 9.96. The predicted octanol–water partition coefficient (Wildman–Crippen LogP) is 2.18. The fourth-order valence-corrected chi connectivity index (χ4v) is 2.52. The Bertz CT molecular complexity index is 1440. The average molecular weight is 428 g/mol. The van der Waals surface area contributed by atoms with Gasteiger partial charge in [-0.15, -0.1) is 0 Å². The van der Waals surface area contributed by atoms with Gasteiger partial charge in [-0.05, 0) is 12.1 Å². The Hall–Kier alpha value is -4.86. The van der Waals surface area contributed by atoms with E-state index in [0.29, 0.717) is 6.07 Å². The molecule has 0 amide bonds. The van der Waals surface area contributed by atoms with E-state index in [1.165, 1.54) is 30.3 Å². The highest BCUT2D eigenvalue weighted by atomic mass is 19.4. The Kier molecular flexibility index (Phi) is 5.97. The monoisotopic (exact) mass is 428 g/mol. The lowest BCUT2D eigenvalue weighted by Crippen LogP contribution is -2.23.